The normalized spacial score (nSPS) is 10.6. The number of aromatic nitrogens is 1. The van der Waals surface area contributed by atoms with Gasteiger partial charge < -0.3 is 20.9 Å². The van der Waals surface area contributed by atoms with Crippen molar-refractivity contribution >= 4 is 23.2 Å². The summed E-state index contributed by atoms with van der Waals surface area (Å²) in [6, 6.07) is 10.2. The van der Waals surface area contributed by atoms with Crippen LogP contribution in [0, 0.1) is 0 Å². The van der Waals surface area contributed by atoms with Crippen LogP contribution >= 0.6 is 0 Å². The zero-order chi connectivity index (χ0) is 19.1. The second-order valence-corrected chi connectivity index (χ2v) is 6.16. The van der Waals surface area contributed by atoms with Crippen LogP contribution in [0.2, 0.25) is 0 Å². The highest BCUT2D eigenvalue weighted by atomic mass is 16.2. The lowest BCUT2D eigenvalue weighted by Gasteiger charge is -2.22. The number of benzene rings is 1. The summed E-state index contributed by atoms with van der Waals surface area (Å²) >= 11 is 0. The average Bonchev–Trinajstić information content (AvgIpc) is 2.63. The molecule has 7 heteroatoms. The van der Waals surface area contributed by atoms with Gasteiger partial charge in [0, 0.05) is 25.8 Å². The van der Waals surface area contributed by atoms with Crippen molar-refractivity contribution in [3.8, 4) is 0 Å². The van der Waals surface area contributed by atoms with E-state index in [1.807, 2.05) is 25.9 Å². The molecule has 0 unspecified atom stereocenters. The lowest BCUT2D eigenvalue weighted by Crippen LogP contribution is -2.36. The van der Waals surface area contributed by atoms with E-state index in [0.29, 0.717) is 30.0 Å². The van der Waals surface area contributed by atoms with Gasteiger partial charge in [-0.25, -0.2) is 0 Å². The van der Waals surface area contributed by atoms with Gasteiger partial charge in [-0.15, -0.1) is 0 Å². The molecule has 3 N–H and O–H groups in total. The average molecular weight is 355 g/mol. The molecule has 0 spiro atoms. The van der Waals surface area contributed by atoms with E-state index in [1.54, 1.807) is 41.3 Å². The van der Waals surface area contributed by atoms with Gasteiger partial charge in [0.15, 0.2) is 0 Å². The molecule has 0 radical (unpaired) electrons. The Morgan fingerprint density at radius 3 is 2.42 bits per heavy atom. The monoisotopic (exact) mass is 355 g/mol. The minimum Gasteiger partial charge on any atom is -0.397 e. The molecule has 26 heavy (non-hydrogen) atoms. The van der Waals surface area contributed by atoms with Crippen LogP contribution < -0.4 is 11.1 Å². The van der Waals surface area contributed by atoms with Gasteiger partial charge >= 0.3 is 0 Å². The molecule has 0 atom stereocenters. The number of hydrogen-bond acceptors (Lipinski definition) is 5. The second-order valence-electron chi connectivity index (χ2n) is 6.16. The number of para-hydroxylation sites is 2. The van der Waals surface area contributed by atoms with Gasteiger partial charge in [0.1, 0.15) is 5.69 Å². The van der Waals surface area contributed by atoms with Crippen molar-refractivity contribution in [2.24, 2.45) is 0 Å². The Balaban J connectivity index is 2.06. The number of nitrogens with zero attached hydrogens (tertiary/aromatic N) is 3. The number of carbonyl (C=O) groups excluding carboxylic acids is 2. The first-order valence-electron chi connectivity index (χ1n) is 8.48. The minimum atomic E-state index is -0.373. The number of nitrogens with two attached hydrogens (primary N) is 1. The van der Waals surface area contributed by atoms with Gasteiger partial charge in [0.05, 0.1) is 16.9 Å². The fourth-order valence-corrected chi connectivity index (χ4v) is 2.36. The molecular formula is C19H25N5O2. The maximum atomic E-state index is 12.6. The van der Waals surface area contributed by atoms with Crippen LogP contribution in [-0.4, -0.2) is 60.3 Å². The Hall–Kier alpha value is -2.93. The van der Waals surface area contributed by atoms with Gasteiger partial charge in [-0.05, 0) is 45.3 Å². The summed E-state index contributed by atoms with van der Waals surface area (Å²) in [5.41, 5.74) is 7.51. The third kappa shape index (κ3) is 5.03. The topological polar surface area (TPSA) is 91.6 Å². The SMILES string of the molecule is CCN(CCN(C)C)C(=O)c1ccc(C(=O)Nc2ccccc2N)nc1. The molecule has 2 rings (SSSR count). The smallest absolute Gasteiger partial charge is 0.274 e. The van der Waals surface area contributed by atoms with Crippen LogP contribution in [0.3, 0.4) is 0 Å². The van der Waals surface area contributed by atoms with E-state index in [-0.39, 0.29) is 17.5 Å². The van der Waals surface area contributed by atoms with E-state index in [1.165, 1.54) is 6.20 Å². The molecule has 0 saturated carbocycles. The van der Waals surface area contributed by atoms with Crippen molar-refractivity contribution < 1.29 is 9.59 Å². The van der Waals surface area contributed by atoms with Gasteiger partial charge in [0.2, 0.25) is 0 Å². The Kier molecular flexibility index (Phi) is 6.68. The molecule has 0 bridgehead atoms. The summed E-state index contributed by atoms with van der Waals surface area (Å²) in [4.78, 5) is 32.7. The minimum absolute atomic E-state index is 0.0962. The summed E-state index contributed by atoms with van der Waals surface area (Å²) in [7, 11) is 3.93. The molecule has 2 amide bonds. The van der Waals surface area contributed by atoms with Crippen molar-refractivity contribution in [3.63, 3.8) is 0 Å². The molecule has 7 nitrogen and oxygen atoms in total. The van der Waals surface area contributed by atoms with Crippen LogP contribution in [0.1, 0.15) is 27.8 Å². The summed E-state index contributed by atoms with van der Waals surface area (Å²) < 4.78 is 0. The number of carbonyl (C=O) groups is 2. The number of rotatable bonds is 7. The molecule has 1 heterocycles. The van der Waals surface area contributed by atoms with E-state index in [9.17, 15) is 9.59 Å². The third-order valence-electron chi connectivity index (χ3n) is 3.94. The Bertz CT molecular complexity index is 759. The van der Waals surface area contributed by atoms with E-state index < -0.39 is 0 Å². The van der Waals surface area contributed by atoms with E-state index in [2.05, 4.69) is 10.3 Å². The summed E-state index contributed by atoms with van der Waals surface area (Å²) in [6.45, 7) is 3.97. The maximum absolute atomic E-state index is 12.6. The zero-order valence-corrected chi connectivity index (χ0v) is 15.4. The first-order chi connectivity index (χ1) is 12.4. The molecule has 0 saturated heterocycles. The van der Waals surface area contributed by atoms with E-state index in [0.717, 1.165) is 6.54 Å². The van der Waals surface area contributed by atoms with Crippen molar-refractivity contribution in [2.45, 2.75) is 6.92 Å². The Labute approximate surface area is 153 Å². The third-order valence-corrected chi connectivity index (χ3v) is 3.94. The predicted octanol–water partition coefficient (Wildman–Crippen LogP) is 1.94. The summed E-state index contributed by atoms with van der Waals surface area (Å²) in [6.07, 6.45) is 1.43. The summed E-state index contributed by atoms with van der Waals surface area (Å²) in [5, 5.41) is 2.71. The Morgan fingerprint density at radius 1 is 1.12 bits per heavy atom. The molecule has 0 aliphatic carbocycles. The van der Waals surface area contributed by atoms with Gasteiger partial charge in [0.25, 0.3) is 11.8 Å². The van der Waals surface area contributed by atoms with Gasteiger partial charge in [-0.2, -0.15) is 0 Å². The van der Waals surface area contributed by atoms with E-state index in [4.69, 9.17) is 5.73 Å². The largest absolute Gasteiger partial charge is 0.397 e. The van der Waals surface area contributed by atoms with E-state index >= 15 is 0 Å². The summed E-state index contributed by atoms with van der Waals surface area (Å²) in [5.74, 6) is -0.469. The highest BCUT2D eigenvalue weighted by Crippen LogP contribution is 2.17. The molecule has 138 valence electrons. The van der Waals surface area contributed by atoms with Gasteiger partial charge in [-0.1, -0.05) is 12.1 Å². The van der Waals surface area contributed by atoms with Crippen LogP contribution in [0.4, 0.5) is 11.4 Å². The molecule has 0 fully saturated rings. The number of anilines is 2. The molecule has 1 aromatic heterocycles. The lowest BCUT2D eigenvalue weighted by atomic mass is 10.2. The van der Waals surface area contributed by atoms with Crippen molar-refractivity contribution in [2.75, 3.05) is 44.8 Å². The first-order valence-corrected chi connectivity index (χ1v) is 8.48. The Morgan fingerprint density at radius 2 is 1.85 bits per heavy atom. The van der Waals surface area contributed by atoms with Crippen LogP contribution in [0.5, 0.6) is 0 Å². The van der Waals surface area contributed by atoms with Crippen LogP contribution in [0.15, 0.2) is 42.6 Å². The maximum Gasteiger partial charge on any atom is 0.274 e. The lowest BCUT2D eigenvalue weighted by molar-refractivity contribution is 0.0753. The second kappa shape index (κ2) is 8.96. The predicted molar refractivity (Wildman–Crippen MR) is 103 cm³/mol. The molecule has 1 aromatic carbocycles. The number of pyridine rings is 1. The highest BCUT2D eigenvalue weighted by Gasteiger charge is 2.16. The fourth-order valence-electron chi connectivity index (χ4n) is 2.36. The number of likely N-dealkylation sites (N-methyl/N-ethyl adjacent to an activating group) is 2. The molecule has 0 aliphatic heterocycles. The fraction of sp³-hybridized carbons (Fsp3) is 0.316. The highest BCUT2D eigenvalue weighted by molar-refractivity contribution is 6.04. The first kappa shape index (κ1) is 19.4. The number of nitrogen functional groups attached to an aromatic ring is 1. The molecule has 0 aliphatic rings. The van der Waals surface area contributed by atoms with Gasteiger partial charge in [-0.3, -0.25) is 14.6 Å². The molecule has 2 aromatic rings. The quantitative estimate of drug-likeness (QED) is 0.741. The number of nitrogens with one attached hydrogen (secondary N) is 1. The van der Waals surface area contributed by atoms with Crippen molar-refractivity contribution in [3.05, 3.63) is 53.9 Å². The number of hydrogen-bond donors (Lipinski definition) is 2. The number of amides is 2. The van der Waals surface area contributed by atoms with Crippen molar-refractivity contribution in [1.82, 2.24) is 14.8 Å². The zero-order valence-electron chi connectivity index (χ0n) is 15.4. The standard InChI is InChI=1S/C19H25N5O2/c1-4-24(12-11-23(2)3)19(26)14-9-10-17(21-13-14)18(25)22-16-8-6-5-7-15(16)20/h5-10,13H,4,11-12,20H2,1-3H3,(H,22,25). The molecular weight excluding hydrogens is 330 g/mol. The van der Waals surface area contributed by atoms with Crippen molar-refractivity contribution in [1.29, 1.82) is 0 Å². The van der Waals surface area contributed by atoms with Crippen LogP contribution in [0.25, 0.3) is 0 Å². The van der Waals surface area contributed by atoms with Crippen LogP contribution in [-0.2, 0) is 0 Å².